The minimum atomic E-state index is -0.750. The monoisotopic (exact) mass is 142 g/mol. The Kier molecular flexibility index (Phi) is 16.3. The Balaban J connectivity index is -0.0000000800. The fourth-order valence-electron chi connectivity index (χ4n) is 0. The summed E-state index contributed by atoms with van der Waals surface area (Å²) in [4.78, 5) is 0. The number of aliphatic hydroxyl groups excluding tert-OH is 1. The van der Waals surface area contributed by atoms with E-state index in [9.17, 15) is 5.11 Å². The van der Waals surface area contributed by atoms with Gasteiger partial charge in [0, 0.05) is 6.61 Å². The molecule has 52 valence electrons. The third-order valence-electron chi connectivity index (χ3n) is 0. The van der Waals surface area contributed by atoms with E-state index in [4.69, 9.17) is 5.11 Å². The Morgan fingerprint density at radius 1 is 1.33 bits per heavy atom. The molecule has 0 amide bonds. The molecule has 0 saturated carbocycles. The molecule has 0 spiro atoms. The van der Waals surface area contributed by atoms with Gasteiger partial charge in [-0.1, -0.05) is 20.8 Å². The summed E-state index contributed by atoms with van der Waals surface area (Å²) in [7, 11) is 0. The maximum Gasteiger partial charge on any atom is 1.00 e. The van der Waals surface area contributed by atoms with Gasteiger partial charge in [-0.2, -0.15) is 0 Å². The molecule has 0 bridgehead atoms. The zero-order chi connectivity index (χ0) is 7.21. The standard InChI is InChI=1S/C4H9O.C2H6O.Na/c1-4(2,3)5;1-2-3;/h1-3H3;3H,2H2,1H3;/q-1;;+1. The van der Waals surface area contributed by atoms with Crippen LogP contribution in [-0.4, -0.2) is 17.3 Å². The molecular weight excluding hydrogens is 127 g/mol. The van der Waals surface area contributed by atoms with Crippen molar-refractivity contribution < 1.29 is 39.8 Å². The van der Waals surface area contributed by atoms with Crippen molar-refractivity contribution in [3.63, 3.8) is 0 Å². The molecular formula is C6H15NaO2. The zero-order valence-electron chi connectivity index (χ0n) is 7.06. The van der Waals surface area contributed by atoms with Crippen LogP contribution >= 0.6 is 0 Å². The second-order valence-corrected chi connectivity index (χ2v) is 2.43. The SMILES string of the molecule is CC(C)(C)[O-].CCO.[Na+]. The van der Waals surface area contributed by atoms with E-state index in [1.807, 2.05) is 0 Å². The normalized spacial score (nSPS) is 8.67. The van der Waals surface area contributed by atoms with Crippen LogP contribution in [0.5, 0.6) is 0 Å². The average Bonchev–Trinajstić information content (AvgIpc) is 1.27. The zero-order valence-corrected chi connectivity index (χ0v) is 9.06. The third-order valence-corrected chi connectivity index (χ3v) is 0. The van der Waals surface area contributed by atoms with E-state index < -0.39 is 5.60 Å². The van der Waals surface area contributed by atoms with Crippen molar-refractivity contribution in [2.45, 2.75) is 33.3 Å². The molecule has 0 aromatic carbocycles. The second-order valence-electron chi connectivity index (χ2n) is 2.43. The Morgan fingerprint density at radius 2 is 1.33 bits per heavy atom. The summed E-state index contributed by atoms with van der Waals surface area (Å²) in [5, 5.41) is 17.7. The van der Waals surface area contributed by atoms with E-state index in [2.05, 4.69) is 0 Å². The maximum atomic E-state index is 10.1. The Hall–Kier alpha value is 0.920. The number of hydrogen-bond acceptors (Lipinski definition) is 2. The molecule has 0 aromatic heterocycles. The molecule has 1 N–H and O–H groups in total. The molecule has 3 heteroatoms. The second kappa shape index (κ2) is 8.92. The van der Waals surface area contributed by atoms with Crippen LogP contribution in [0.25, 0.3) is 0 Å². The van der Waals surface area contributed by atoms with Crippen molar-refractivity contribution in [1.82, 2.24) is 0 Å². The van der Waals surface area contributed by atoms with Gasteiger partial charge in [0.05, 0.1) is 0 Å². The summed E-state index contributed by atoms with van der Waals surface area (Å²) < 4.78 is 0. The van der Waals surface area contributed by atoms with Crippen molar-refractivity contribution in [3.8, 4) is 0 Å². The average molecular weight is 142 g/mol. The van der Waals surface area contributed by atoms with E-state index in [1.54, 1.807) is 27.7 Å². The minimum absolute atomic E-state index is 0. The van der Waals surface area contributed by atoms with Crippen LogP contribution in [0.1, 0.15) is 27.7 Å². The van der Waals surface area contributed by atoms with Crippen molar-refractivity contribution in [2.24, 2.45) is 0 Å². The molecule has 0 atom stereocenters. The topological polar surface area (TPSA) is 43.3 Å². The minimum Gasteiger partial charge on any atom is -0.850 e. The van der Waals surface area contributed by atoms with Crippen LogP contribution in [-0.2, 0) is 0 Å². The maximum absolute atomic E-state index is 10.1. The van der Waals surface area contributed by atoms with Gasteiger partial charge in [-0.05, 0) is 6.92 Å². The Morgan fingerprint density at radius 3 is 1.33 bits per heavy atom. The van der Waals surface area contributed by atoms with Gasteiger partial charge in [-0.15, -0.1) is 5.60 Å². The van der Waals surface area contributed by atoms with E-state index in [0.29, 0.717) is 0 Å². The van der Waals surface area contributed by atoms with E-state index in [-0.39, 0.29) is 36.2 Å². The first-order valence-electron chi connectivity index (χ1n) is 2.73. The van der Waals surface area contributed by atoms with Crippen LogP contribution in [0.4, 0.5) is 0 Å². The van der Waals surface area contributed by atoms with Crippen LogP contribution in [0.3, 0.4) is 0 Å². The largest absolute Gasteiger partial charge is 1.00 e. The molecule has 0 aliphatic rings. The summed E-state index contributed by atoms with van der Waals surface area (Å²) in [6, 6.07) is 0. The summed E-state index contributed by atoms with van der Waals surface area (Å²) in [6.45, 7) is 6.83. The molecule has 0 unspecified atom stereocenters. The fraction of sp³-hybridized carbons (Fsp3) is 1.00. The molecule has 0 fully saturated rings. The number of rotatable bonds is 0. The van der Waals surface area contributed by atoms with Gasteiger partial charge in [0.15, 0.2) is 0 Å². The molecule has 0 aliphatic heterocycles. The molecule has 0 heterocycles. The first-order chi connectivity index (χ1) is 3.41. The van der Waals surface area contributed by atoms with E-state index in [0.717, 1.165) is 0 Å². The van der Waals surface area contributed by atoms with E-state index >= 15 is 0 Å². The van der Waals surface area contributed by atoms with Crippen molar-refractivity contribution in [2.75, 3.05) is 6.61 Å². The van der Waals surface area contributed by atoms with Gasteiger partial charge in [0.25, 0.3) is 0 Å². The molecule has 2 nitrogen and oxygen atoms in total. The molecule has 0 saturated heterocycles. The Labute approximate surface area is 79.6 Å². The quantitative estimate of drug-likeness (QED) is 0.370. The summed E-state index contributed by atoms with van der Waals surface area (Å²) >= 11 is 0. The fourth-order valence-corrected chi connectivity index (χ4v) is 0. The first-order valence-corrected chi connectivity index (χ1v) is 2.73. The van der Waals surface area contributed by atoms with Gasteiger partial charge in [-0.25, -0.2) is 0 Å². The molecule has 0 aromatic rings. The number of hydrogen-bond donors (Lipinski definition) is 1. The molecule has 0 aliphatic carbocycles. The molecule has 9 heavy (non-hydrogen) atoms. The van der Waals surface area contributed by atoms with Crippen LogP contribution in [0, 0.1) is 0 Å². The summed E-state index contributed by atoms with van der Waals surface area (Å²) in [5.41, 5.74) is -0.750. The Bertz CT molecular complexity index is 34.8. The van der Waals surface area contributed by atoms with E-state index in [1.165, 1.54) is 0 Å². The molecule has 0 rings (SSSR count). The van der Waals surface area contributed by atoms with Gasteiger partial charge >= 0.3 is 29.6 Å². The van der Waals surface area contributed by atoms with Crippen molar-refractivity contribution >= 4 is 0 Å². The number of aliphatic hydroxyl groups is 1. The summed E-state index contributed by atoms with van der Waals surface area (Å²) in [5.74, 6) is 0. The van der Waals surface area contributed by atoms with Gasteiger partial charge in [0.2, 0.25) is 0 Å². The first kappa shape index (κ1) is 16.5. The molecule has 0 radical (unpaired) electrons. The smallest absolute Gasteiger partial charge is 0.850 e. The van der Waals surface area contributed by atoms with Crippen LogP contribution in [0.15, 0.2) is 0 Å². The predicted molar refractivity (Wildman–Crippen MR) is 32.5 cm³/mol. The predicted octanol–water partition coefficient (Wildman–Crippen LogP) is -2.85. The van der Waals surface area contributed by atoms with Crippen LogP contribution < -0.4 is 34.7 Å². The van der Waals surface area contributed by atoms with Gasteiger partial charge in [-0.3, -0.25) is 0 Å². The van der Waals surface area contributed by atoms with Gasteiger partial charge in [0.1, 0.15) is 0 Å². The van der Waals surface area contributed by atoms with Crippen molar-refractivity contribution in [1.29, 1.82) is 0 Å². The van der Waals surface area contributed by atoms with Crippen molar-refractivity contribution in [3.05, 3.63) is 0 Å². The third kappa shape index (κ3) is 505. The van der Waals surface area contributed by atoms with Gasteiger partial charge < -0.3 is 10.2 Å². The summed E-state index contributed by atoms with van der Waals surface area (Å²) in [6.07, 6.45) is 0. The van der Waals surface area contributed by atoms with Crippen LogP contribution in [0.2, 0.25) is 0 Å².